The smallest absolute Gasteiger partial charge is 0.242 e. The molecule has 0 radical (unpaired) electrons. The third kappa shape index (κ3) is 4.20. The lowest BCUT2D eigenvalue weighted by molar-refractivity contribution is 0.303. The number of sulfonamides is 1. The van der Waals surface area contributed by atoms with Crippen molar-refractivity contribution in [3.05, 3.63) is 24.3 Å². The molecule has 0 heterocycles. The van der Waals surface area contributed by atoms with Crippen molar-refractivity contribution in [2.75, 3.05) is 11.9 Å². The van der Waals surface area contributed by atoms with E-state index in [1.165, 1.54) is 19.3 Å². The standard InChI is InChI=1S/C16H26N2O2S/c1-3-17-15-11-7-8-12-16(15)21(19,20)18-13(2)14-9-5-4-6-10-14/h7-8,11-14,17-18H,3-6,9-10H2,1-2H3. The average Bonchev–Trinajstić information content (AvgIpc) is 2.48. The molecule has 1 unspecified atom stereocenters. The van der Waals surface area contributed by atoms with Crippen LogP contribution in [0.1, 0.15) is 46.0 Å². The van der Waals surface area contributed by atoms with E-state index >= 15 is 0 Å². The summed E-state index contributed by atoms with van der Waals surface area (Å²) >= 11 is 0. The normalized spacial score (nSPS) is 18.4. The average molecular weight is 310 g/mol. The maximum atomic E-state index is 12.6. The molecule has 1 aromatic rings. The van der Waals surface area contributed by atoms with Crippen LogP contribution >= 0.6 is 0 Å². The minimum atomic E-state index is -3.47. The van der Waals surface area contributed by atoms with Gasteiger partial charge >= 0.3 is 0 Å². The van der Waals surface area contributed by atoms with E-state index in [4.69, 9.17) is 0 Å². The fourth-order valence-corrected chi connectivity index (χ4v) is 4.57. The molecule has 21 heavy (non-hydrogen) atoms. The molecule has 0 amide bonds. The van der Waals surface area contributed by atoms with Crippen LogP contribution in [0.25, 0.3) is 0 Å². The minimum absolute atomic E-state index is 0.00928. The molecule has 2 N–H and O–H groups in total. The molecule has 0 aliphatic heterocycles. The van der Waals surface area contributed by atoms with Crippen LogP contribution in [-0.2, 0) is 10.0 Å². The number of anilines is 1. The summed E-state index contributed by atoms with van der Waals surface area (Å²) in [5, 5.41) is 3.12. The first-order valence-corrected chi connectivity index (χ1v) is 9.38. The number of hydrogen-bond donors (Lipinski definition) is 2. The van der Waals surface area contributed by atoms with Crippen molar-refractivity contribution in [3.63, 3.8) is 0 Å². The molecule has 1 saturated carbocycles. The zero-order chi connectivity index (χ0) is 15.3. The molecule has 0 spiro atoms. The van der Waals surface area contributed by atoms with Crippen LogP contribution in [0.3, 0.4) is 0 Å². The monoisotopic (exact) mass is 310 g/mol. The maximum Gasteiger partial charge on any atom is 0.242 e. The lowest BCUT2D eigenvalue weighted by Gasteiger charge is -2.28. The molecule has 1 fully saturated rings. The van der Waals surface area contributed by atoms with Gasteiger partial charge in [-0.1, -0.05) is 31.4 Å². The predicted molar refractivity (Wildman–Crippen MR) is 87.0 cm³/mol. The van der Waals surface area contributed by atoms with Crippen LogP contribution in [-0.4, -0.2) is 21.0 Å². The lowest BCUT2D eigenvalue weighted by Crippen LogP contribution is -2.39. The molecular weight excluding hydrogens is 284 g/mol. The molecule has 5 heteroatoms. The summed E-state index contributed by atoms with van der Waals surface area (Å²) in [5.74, 6) is 0.458. The van der Waals surface area contributed by atoms with E-state index in [-0.39, 0.29) is 6.04 Å². The summed E-state index contributed by atoms with van der Waals surface area (Å²) in [7, 11) is -3.47. The van der Waals surface area contributed by atoms with Crippen LogP contribution in [0.4, 0.5) is 5.69 Å². The first-order valence-electron chi connectivity index (χ1n) is 7.90. The molecule has 4 nitrogen and oxygen atoms in total. The zero-order valence-electron chi connectivity index (χ0n) is 12.9. The molecule has 1 aliphatic rings. The Hall–Kier alpha value is -1.07. The third-order valence-electron chi connectivity index (χ3n) is 4.24. The van der Waals surface area contributed by atoms with Crippen molar-refractivity contribution in [3.8, 4) is 0 Å². The summed E-state index contributed by atoms with van der Waals surface area (Å²) in [6.45, 7) is 4.65. The Kier molecular flexibility index (Phi) is 5.65. The van der Waals surface area contributed by atoms with Gasteiger partial charge in [-0.3, -0.25) is 0 Å². The number of para-hydroxylation sites is 1. The van der Waals surface area contributed by atoms with Gasteiger partial charge in [0.15, 0.2) is 0 Å². The van der Waals surface area contributed by atoms with Crippen molar-refractivity contribution in [2.24, 2.45) is 5.92 Å². The third-order valence-corrected chi connectivity index (χ3v) is 5.86. The number of hydrogen-bond acceptors (Lipinski definition) is 3. The van der Waals surface area contributed by atoms with E-state index in [0.29, 0.717) is 23.0 Å². The van der Waals surface area contributed by atoms with Crippen molar-refractivity contribution in [1.82, 2.24) is 4.72 Å². The molecule has 0 aromatic heterocycles. The second kappa shape index (κ2) is 7.27. The largest absolute Gasteiger partial charge is 0.384 e. The van der Waals surface area contributed by atoms with Gasteiger partial charge in [-0.25, -0.2) is 13.1 Å². The van der Waals surface area contributed by atoms with Gasteiger partial charge < -0.3 is 5.32 Å². The Bertz CT molecular complexity index is 551. The van der Waals surface area contributed by atoms with Crippen molar-refractivity contribution >= 4 is 15.7 Å². The number of rotatable bonds is 6. The highest BCUT2D eigenvalue weighted by molar-refractivity contribution is 7.89. The first kappa shape index (κ1) is 16.3. The second-order valence-electron chi connectivity index (χ2n) is 5.83. The molecule has 0 bridgehead atoms. The Balaban J connectivity index is 2.14. The molecule has 1 aromatic carbocycles. The maximum absolute atomic E-state index is 12.6. The Morgan fingerprint density at radius 1 is 1.19 bits per heavy atom. The predicted octanol–water partition coefficient (Wildman–Crippen LogP) is 3.37. The quantitative estimate of drug-likeness (QED) is 0.847. The van der Waals surface area contributed by atoms with E-state index in [1.807, 2.05) is 26.0 Å². The van der Waals surface area contributed by atoms with Crippen molar-refractivity contribution in [2.45, 2.75) is 56.9 Å². The molecular formula is C16H26N2O2S. The number of nitrogens with one attached hydrogen (secondary N) is 2. The summed E-state index contributed by atoms with van der Waals surface area (Å²) in [4.78, 5) is 0.342. The van der Waals surface area contributed by atoms with E-state index in [0.717, 1.165) is 12.8 Å². The zero-order valence-corrected chi connectivity index (χ0v) is 13.7. The van der Waals surface area contributed by atoms with Gasteiger partial charge in [0.1, 0.15) is 4.90 Å². The highest BCUT2D eigenvalue weighted by Crippen LogP contribution is 2.28. The Labute approximate surface area is 128 Å². The second-order valence-corrected chi connectivity index (χ2v) is 7.52. The first-order chi connectivity index (χ1) is 10.0. The van der Waals surface area contributed by atoms with Gasteiger partial charge in [0, 0.05) is 12.6 Å². The van der Waals surface area contributed by atoms with Crippen LogP contribution in [0.5, 0.6) is 0 Å². The van der Waals surface area contributed by atoms with E-state index in [1.54, 1.807) is 12.1 Å². The van der Waals surface area contributed by atoms with E-state index < -0.39 is 10.0 Å². The molecule has 2 rings (SSSR count). The van der Waals surface area contributed by atoms with Crippen LogP contribution < -0.4 is 10.0 Å². The fraction of sp³-hybridized carbons (Fsp3) is 0.625. The lowest BCUT2D eigenvalue weighted by atomic mass is 9.85. The summed E-state index contributed by atoms with van der Waals surface area (Å²) in [5.41, 5.74) is 0.670. The highest BCUT2D eigenvalue weighted by atomic mass is 32.2. The Morgan fingerprint density at radius 2 is 1.86 bits per heavy atom. The Morgan fingerprint density at radius 3 is 2.52 bits per heavy atom. The summed E-state index contributed by atoms with van der Waals surface area (Å²) in [6.07, 6.45) is 5.95. The van der Waals surface area contributed by atoms with Gasteiger partial charge in [0.2, 0.25) is 10.0 Å². The van der Waals surface area contributed by atoms with Gasteiger partial charge in [-0.15, -0.1) is 0 Å². The topological polar surface area (TPSA) is 58.2 Å². The molecule has 118 valence electrons. The van der Waals surface area contributed by atoms with Crippen LogP contribution in [0.2, 0.25) is 0 Å². The SMILES string of the molecule is CCNc1ccccc1S(=O)(=O)NC(C)C1CCCCC1. The number of benzene rings is 1. The van der Waals surface area contributed by atoms with Crippen molar-refractivity contribution in [1.29, 1.82) is 0 Å². The molecule has 1 atom stereocenters. The van der Waals surface area contributed by atoms with Gasteiger partial charge in [0.05, 0.1) is 5.69 Å². The highest BCUT2D eigenvalue weighted by Gasteiger charge is 2.26. The fourth-order valence-electron chi connectivity index (χ4n) is 3.08. The molecule has 0 saturated heterocycles. The van der Waals surface area contributed by atoms with E-state index in [2.05, 4.69) is 10.0 Å². The van der Waals surface area contributed by atoms with Crippen LogP contribution in [0.15, 0.2) is 29.2 Å². The van der Waals surface area contributed by atoms with Gasteiger partial charge in [-0.05, 0) is 44.7 Å². The minimum Gasteiger partial charge on any atom is -0.384 e. The van der Waals surface area contributed by atoms with Crippen molar-refractivity contribution < 1.29 is 8.42 Å². The molecule has 1 aliphatic carbocycles. The summed E-state index contributed by atoms with van der Waals surface area (Å²) in [6, 6.07) is 7.07. The summed E-state index contributed by atoms with van der Waals surface area (Å²) < 4.78 is 28.1. The van der Waals surface area contributed by atoms with Gasteiger partial charge in [-0.2, -0.15) is 0 Å². The van der Waals surface area contributed by atoms with Crippen LogP contribution in [0, 0.1) is 5.92 Å². The van der Waals surface area contributed by atoms with Gasteiger partial charge in [0.25, 0.3) is 0 Å². The van der Waals surface area contributed by atoms with E-state index in [9.17, 15) is 8.42 Å².